The second kappa shape index (κ2) is 7.01. The minimum absolute atomic E-state index is 0.128. The number of benzene rings is 1. The molecule has 7 heteroatoms. The molecule has 1 heterocycles. The number of amides is 1. The SMILES string of the molecule is CC1(C)OC2C(O1)[C@@H](C(=O)O)C[C@@H]2CNC(=O)OCc1ccccc1. The van der Waals surface area contributed by atoms with Crippen LogP contribution in [0.1, 0.15) is 25.8 Å². The van der Waals surface area contributed by atoms with Crippen molar-refractivity contribution in [1.29, 1.82) is 0 Å². The molecule has 7 nitrogen and oxygen atoms in total. The van der Waals surface area contributed by atoms with Crippen molar-refractivity contribution in [3.63, 3.8) is 0 Å². The highest BCUT2D eigenvalue weighted by Crippen LogP contribution is 2.44. The third-order valence-corrected chi connectivity index (χ3v) is 4.62. The Balaban J connectivity index is 1.52. The van der Waals surface area contributed by atoms with Crippen molar-refractivity contribution < 1.29 is 28.9 Å². The number of fused-ring (bicyclic) bond motifs is 1. The van der Waals surface area contributed by atoms with Crippen molar-refractivity contribution in [2.24, 2.45) is 11.8 Å². The van der Waals surface area contributed by atoms with Gasteiger partial charge in [-0.3, -0.25) is 4.79 Å². The van der Waals surface area contributed by atoms with Crippen LogP contribution in [0.15, 0.2) is 30.3 Å². The van der Waals surface area contributed by atoms with Gasteiger partial charge in [-0.05, 0) is 25.8 Å². The summed E-state index contributed by atoms with van der Waals surface area (Å²) in [7, 11) is 0. The van der Waals surface area contributed by atoms with Gasteiger partial charge in [-0.15, -0.1) is 0 Å². The molecule has 3 rings (SSSR count). The van der Waals surface area contributed by atoms with Crippen LogP contribution in [0.4, 0.5) is 4.79 Å². The van der Waals surface area contributed by atoms with Crippen LogP contribution in [-0.4, -0.2) is 41.7 Å². The van der Waals surface area contributed by atoms with Gasteiger partial charge in [0.05, 0.1) is 12.0 Å². The summed E-state index contributed by atoms with van der Waals surface area (Å²) in [5, 5.41) is 12.1. The molecule has 2 aliphatic rings. The molecule has 1 aliphatic carbocycles. The van der Waals surface area contributed by atoms with Crippen molar-refractivity contribution in [1.82, 2.24) is 5.32 Å². The molecule has 1 saturated heterocycles. The number of hydrogen-bond donors (Lipinski definition) is 2. The van der Waals surface area contributed by atoms with E-state index in [0.717, 1.165) is 5.56 Å². The maximum atomic E-state index is 11.9. The second-order valence-corrected chi connectivity index (χ2v) is 6.95. The molecule has 2 N–H and O–H groups in total. The average Bonchev–Trinajstić information content (AvgIpc) is 3.05. The van der Waals surface area contributed by atoms with Crippen LogP contribution >= 0.6 is 0 Å². The van der Waals surface area contributed by atoms with E-state index in [1.807, 2.05) is 30.3 Å². The summed E-state index contributed by atoms with van der Waals surface area (Å²) in [6, 6.07) is 9.39. The van der Waals surface area contributed by atoms with Gasteiger partial charge in [0.2, 0.25) is 0 Å². The summed E-state index contributed by atoms with van der Waals surface area (Å²) in [6.07, 6.45) is -0.956. The van der Waals surface area contributed by atoms with Gasteiger partial charge in [0, 0.05) is 12.5 Å². The Labute approximate surface area is 146 Å². The van der Waals surface area contributed by atoms with Crippen LogP contribution in [-0.2, 0) is 25.6 Å². The molecule has 1 aromatic rings. The molecule has 2 unspecified atom stereocenters. The number of hydrogen-bond acceptors (Lipinski definition) is 5. The Morgan fingerprint density at radius 3 is 2.60 bits per heavy atom. The highest BCUT2D eigenvalue weighted by Gasteiger charge is 2.56. The molecule has 0 bridgehead atoms. The summed E-state index contributed by atoms with van der Waals surface area (Å²) in [5.41, 5.74) is 0.902. The summed E-state index contributed by atoms with van der Waals surface area (Å²) < 4.78 is 16.8. The van der Waals surface area contributed by atoms with Crippen molar-refractivity contribution >= 4 is 12.1 Å². The molecule has 2 fully saturated rings. The van der Waals surface area contributed by atoms with Gasteiger partial charge in [0.25, 0.3) is 0 Å². The number of ether oxygens (including phenoxy) is 3. The molecule has 1 aliphatic heterocycles. The zero-order valence-corrected chi connectivity index (χ0v) is 14.3. The molecule has 1 saturated carbocycles. The minimum atomic E-state index is -0.898. The molecular weight excluding hydrogens is 326 g/mol. The van der Waals surface area contributed by atoms with E-state index in [2.05, 4.69) is 5.32 Å². The smallest absolute Gasteiger partial charge is 0.407 e. The monoisotopic (exact) mass is 349 g/mol. The topological polar surface area (TPSA) is 94.1 Å². The highest BCUT2D eigenvalue weighted by atomic mass is 16.8. The molecule has 0 radical (unpaired) electrons. The lowest BCUT2D eigenvalue weighted by Crippen LogP contribution is -2.35. The molecule has 4 atom stereocenters. The quantitative estimate of drug-likeness (QED) is 0.846. The van der Waals surface area contributed by atoms with Crippen LogP contribution in [0.2, 0.25) is 0 Å². The van der Waals surface area contributed by atoms with Crippen LogP contribution < -0.4 is 5.32 Å². The molecular formula is C18H23NO6. The average molecular weight is 349 g/mol. The summed E-state index contributed by atoms with van der Waals surface area (Å²) in [5.74, 6) is -2.46. The van der Waals surface area contributed by atoms with Crippen LogP contribution in [0.3, 0.4) is 0 Å². The van der Waals surface area contributed by atoms with E-state index in [-0.39, 0.29) is 25.2 Å². The first-order valence-corrected chi connectivity index (χ1v) is 8.39. The summed E-state index contributed by atoms with van der Waals surface area (Å²) >= 11 is 0. The molecule has 0 spiro atoms. The normalized spacial score (nSPS) is 29.8. The van der Waals surface area contributed by atoms with E-state index in [1.54, 1.807) is 13.8 Å². The zero-order chi connectivity index (χ0) is 18.0. The number of nitrogens with one attached hydrogen (secondary N) is 1. The number of carbonyl (C=O) groups excluding carboxylic acids is 1. The molecule has 0 aromatic heterocycles. The van der Waals surface area contributed by atoms with Crippen molar-refractivity contribution in [2.45, 2.75) is 44.9 Å². The van der Waals surface area contributed by atoms with E-state index in [1.165, 1.54) is 0 Å². The minimum Gasteiger partial charge on any atom is -0.481 e. The molecule has 136 valence electrons. The third-order valence-electron chi connectivity index (χ3n) is 4.62. The van der Waals surface area contributed by atoms with E-state index < -0.39 is 29.9 Å². The summed E-state index contributed by atoms with van der Waals surface area (Å²) in [4.78, 5) is 23.3. The van der Waals surface area contributed by atoms with Gasteiger partial charge in [0.1, 0.15) is 12.7 Å². The Bertz CT molecular complexity index is 632. The Morgan fingerprint density at radius 2 is 1.92 bits per heavy atom. The predicted octanol–water partition coefficient (Wildman–Crippen LogP) is 2.15. The standard InChI is InChI=1S/C18H23NO6/c1-18(2)24-14-12(8-13(16(20)21)15(14)25-18)9-19-17(22)23-10-11-6-4-3-5-7-11/h3-7,12-15H,8-10H2,1-2H3,(H,19,22)(H,20,21)/t12-,13+,14?,15?/m1/s1. The molecule has 1 amide bonds. The maximum Gasteiger partial charge on any atom is 0.407 e. The summed E-state index contributed by atoms with van der Waals surface area (Å²) in [6.45, 7) is 4.01. The molecule has 25 heavy (non-hydrogen) atoms. The second-order valence-electron chi connectivity index (χ2n) is 6.95. The van der Waals surface area contributed by atoms with Crippen molar-refractivity contribution in [2.75, 3.05) is 6.54 Å². The van der Waals surface area contributed by atoms with Gasteiger partial charge in [-0.1, -0.05) is 30.3 Å². The lowest BCUT2D eigenvalue weighted by molar-refractivity contribution is -0.168. The maximum absolute atomic E-state index is 11.9. The predicted molar refractivity (Wildman–Crippen MR) is 87.7 cm³/mol. The fourth-order valence-electron chi connectivity index (χ4n) is 3.52. The lowest BCUT2D eigenvalue weighted by Gasteiger charge is -2.22. The van der Waals surface area contributed by atoms with Crippen molar-refractivity contribution in [3.05, 3.63) is 35.9 Å². The number of carbonyl (C=O) groups is 2. The molecule has 1 aromatic carbocycles. The first kappa shape index (κ1) is 17.7. The van der Waals surface area contributed by atoms with Gasteiger partial charge < -0.3 is 24.6 Å². The van der Waals surface area contributed by atoms with Gasteiger partial charge >= 0.3 is 12.1 Å². The van der Waals surface area contributed by atoms with Gasteiger partial charge in [-0.2, -0.15) is 0 Å². The number of carboxylic acids is 1. The van der Waals surface area contributed by atoms with Gasteiger partial charge in [-0.25, -0.2) is 4.79 Å². The first-order chi connectivity index (χ1) is 11.9. The zero-order valence-electron chi connectivity index (χ0n) is 14.3. The fraction of sp³-hybridized carbons (Fsp3) is 0.556. The first-order valence-electron chi connectivity index (χ1n) is 8.39. The van der Waals surface area contributed by atoms with Crippen LogP contribution in [0, 0.1) is 11.8 Å². The fourth-order valence-corrected chi connectivity index (χ4v) is 3.52. The van der Waals surface area contributed by atoms with E-state index in [9.17, 15) is 14.7 Å². The lowest BCUT2D eigenvalue weighted by atomic mass is 10.0. The van der Waals surface area contributed by atoms with Crippen molar-refractivity contribution in [3.8, 4) is 0 Å². The third kappa shape index (κ3) is 4.11. The van der Waals surface area contributed by atoms with E-state index >= 15 is 0 Å². The largest absolute Gasteiger partial charge is 0.481 e. The van der Waals surface area contributed by atoms with E-state index in [0.29, 0.717) is 6.42 Å². The highest BCUT2D eigenvalue weighted by molar-refractivity contribution is 5.71. The number of carboxylic acid groups (broad SMARTS) is 1. The Kier molecular flexibility index (Phi) is 4.96. The number of alkyl carbamates (subject to hydrolysis) is 1. The number of rotatable bonds is 5. The van der Waals surface area contributed by atoms with Crippen LogP contribution in [0.5, 0.6) is 0 Å². The number of aliphatic carboxylic acids is 1. The van der Waals surface area contributed by atoms with E-state index in [4.69, 9.17) is 14.2 Å². The Hall–Kier alpha value is -2.12. The Morgan fingerprint density at radius 1 is 1.24 bits per heavy atom. The van der Waals surface area contributed by atoms with Crippen LogP contribution in [0.25, 0.3) is 0 Å². The van der Waals surface area contributed by atoms with Gasteiger partial charge in [0.15, 0.2) is 5.79 Å².